The van der Waals surface area contributed by atoms with Crippen molar-refractivity contribution in [3.05, 3.63) is 70.7 Å². The van der Waals surface area contributed by atoms with E-state index in [9.17, 15) is 18.5 Å². The van der Waals surface area contributed by atoms with Crippen LogP contribution in [0, 0.1) is 10.1 Å². The molecule has 162 valence electrons. The zero-order valence-corrected chi connectivity index (χ0v) is 17.2. The third-order valence-electron chi connectivity index (χ3n) is 4.80. The van der Waals surface area contributed by atoms with Crippen LogP contribution < -0.4 is 5.32 Å². The highest BCUT2D eigenvalue weighted by Crippen LogP contribution is 2.30. The van der Waals surface area contributed by atoms with E-state index < -0.39 is 14.9 Å². The maximum atomic E-state index is 13.2. The van der Waals surface area contributed by atoms with Gasteiger partial charge in [-0.1, -0.05) is 6.07 Å². The average molecular weight is 444 g/mol. The molecule has 3 aromatic rings. The van der Waals surface area contributed by atoms with Gasteiger partial charge in [-0.15, -0.1) is 0 Å². The molecule has 11 nitrogen and oxygen atoms in total. The molecule has 0 saturated carbocycles. The van der Waals surface area contributed by atoms with Crippen LogP contribution in [0.15, 0.2) is 59.9 Å². The summed E-state index contributed by atoms with van der Waals surface area (Å²) in [5, 5.41) is 18.4. The van der Waals surface area contributed by atoms with Crippen molar-refractivity contribution in [1.29, 1.82) is 0 Å². The van der Waals surface area contributed by atoms with Crippen molar-refractivity contribution in [3.63, 3.8) is 0 Å². The number of sulfonamides is 1. The highest BCUT2D eigenvalue weighted by atomic mass is 32.2. The molecule has 0 unspecified atom stereocenters. The van der Waals surface area contributed by atoms with Crippen LogP contribution in [0.5, 0.6) is 0 Å². The first-order valence-corrected chi connectivity index (χ1v) is 10.9. The van der Waals surface area contributed by atoms with E-state index in [0.717, 1.165) is 11.6 Å². The first-order valence-electron chi connectivity index (χ1n) is 9.50. The first kappa shape index (κ1) is 20.9. The minimum atomic E-state index is -3.93. The monoisotopic (exact) mass is 444 g/mol. The van der Waals surface area contributed by atoms with E-state index in [4.69, 9.17) is 4.74 Å². The zero-order chi connectivity index (χ0) is 21.8. The summed E-state index contributed by atoms with van der Waals surface area (Å²) in [7, 11) is -3.93. The maximum Gasteiger partial charge on any atom is 0.270 e. The van der Waals surface area contributed by atoms with E-state index in [-0.39, 0.29) is 49.1 Å². The summed E-state index contributed by atoms with van der Waals surface area (Å²) in [5.41, 5.74) is 0.805. The van der Waals surface area contributed by atoms with Crippen molar-refractivity contribution < 1.29 is 18.1 Å². The highest BCUT2D eigenvalue weighted by molar-refractivity contribution is 7.89. The quantitative estimate of drug-likeness (QED) is 0.431. The number of nitrogens with zero attached hydrogens (tertiary/aromatic N) is 5. The van der Waals surface area contributed by atoms with Crippen molar-refractivity contribution in [1.82, 2.24) is 19.1 Å². The summed E-state index contributed by atoms with van der Waals surface area (Å²) < 4.78 is 34.4. The molecule has 0 radical (unpaired) electrons. The number of aromatic nitrogens is 3. The van der Waals surface area contributed by atoms with Crippen LogP contribution in [0.25, 0.3) is 5.82 Å². The van der Waals surface area contributed by atoms with Crippen LogP contribution in [0.4, 0.5) is 11.4 Å². The summed E-state index contributed by atoms with van der Waals surface area (Å²) in [6.45, 7) is 1.25. The average Bonchev–Trinajstić information content (AvgIpc) is 3.33. The molecule has 1 N–H and O–H groups in total. The molecule has 1 saturated heterocycles. The third-order valence-corrected chi connectivity index (χ3v) is 6.73. The topological polar surface area (TPSA) is 132 Å². The molecular weight excluding hydrogens is 424 g/mol. The molecule has 0 spiro atoms. The highest BCUT2D eigenvalue weighted by Gasteiger charge is 2.30. The Hall–Kier alpha value is -3.35. The van der Waals surface area contributed by atoms with Gasteiger partial charge in [-0.3, -0.25) is 10.1 Å². The second-order valence-electron chi connectivity index (χ2n) is 6.78. The van der Waals surface area contributed by atoms with Gasteiger partial charge in [-0.25, -0.2) is 18.1 Å². The van der Waals surface area contributed by atoms with Crippen LogP contribution in [-0.4, -0.2) is 58.7 Å². The summed E-state index contributed by atoms with van der Waals surface area (Å²) in [6, 6.07) is 9.22. The number of rotatable bonds is 7. The van der Waals surface area contributed by atoms with E-state index in [1.807, 2.05) is 6.07 Å². The number of benzene rings is 1. The van der Waals surface area contributed by atoms with Crippen molar-refractivity contribution in [3.8, 4) is 5.82 Å². The normalized spacial score (nSPS) is 15.0. The molecule has 0 aliphatic carbocycles. The fourth-order valence-corrected chi connectivity index (χ4v) is 4.76. The molecule has 0 atom stereocenters. The second kappa shape index (κ2) is 8.79. The lowest BCUT2D eigenvalue weighted by molar-refractivity contribution is -0.385. The van der Waals surface area contributed by atoms with Crippen LogP contribution in [0.3, 0.4) is 0 Å². The molecule has 1 fully saturated rings. The maximum absolute atomic E-state index is 13.2. The minimum Gasteiger partial charge on any atom is -0.380 e. The molecule has 1 aliphatic heterocycles. The Morgan fingerprint density at radius 2 is 2.00 bits per heavy atom. The lowest BCUT2D eigenvalue weighted by Crippen LogP contribution is -2.40. The van der Waals surface area contributed by atoms with Crippen molar-refractivity contribution in [2.24, 2.45) is 0 Å². The molecule has 0 bridgehead atoms. The number of ether oxygens (including phenoxy) is 1. The lowest BCUT2D eigenvalue weighted by atomic mass is 10.2. The van der Waals surface area contributed by atoms with Gasteiger partial charge >= 0.3 is 0 Å². The number of hydrogen-bond acceptors (Lipinski definition) is 8. The molecule has 1 aliphatic rings. The van der Waals surface area contributed by atoms with Crippen LogP contribution in [-0.2, 0) is 21.3 Å². The van der Waals surface area contributed by atoms with Gasteiger partial charge in [0.15, 0.2) is 5.82 Å². The first-order chi connectivity index (χ1) is 14.9. The van der Waals surface area contributed by atoms with Gasteiger partial charge in [0.1, 0.15) is 4.90 Å². The molecule has 2 aromatic heterocycles. The Kier molecular flexibility index (Phi) is 5.93. The van der Waals surface area contributed by atoms with Gasteiger partial charge in [-0.2, -0.15) is 9.40 Å². The van der Waals surface area contributed by atoms with Crippen LogP contribution >= 0.6 is 0 Å². The smallest absolute Gasteiger partial charge is 0.270 e. The van der Waals surface area contributed by atoms with Crippen LogP contribution in [0.1, 0.15) is 5.56 Å². The minimum absolute atomic E-state index is 0.135. The van der Waals surface area contributed by atoms with Crippen molar-refractivity contribution in [2.75, 3.05) is 31.6 Å². The summed E-state index contributed by atoms with van der Waals surface area (Å²) in [6.07, 6.45) is 5.09. The number of nitro groups is 1. The Balaban J connectivity index is 1.58. The third kappa shape index (κ3) is 4.55. The SMILES string of the molecule is O=[N+]([O-])c1ccc(NCc2ccc(-n3cccn3)nc2)c(S(=O)(=O)N2CCOCC2)c1. The van der Waals surface area contributed by atoms with Gasteiger partial charge in [0, 0.05) is 50.4 Å². The standard InChI is InChI=1S/C19H20N6O5S/c26-25(27)16-3-4-17(18(12-16)31(28,29)23-8-10-30-11-9-23)20-13-15-2-5-19(21-14-15)24-7-1-6-22-24/h1-7,12,14,20H,8-11,13H2. The number of anilines is 1. The summed E-state index contributed by atoms with van der Waals surface area (Å²) in [4.78, 5) is 14.8. The van der Waals surface area contributed by atoms with Gasteiger partial charge < -0.3 is 10.1 Å². The number of pyridine rings is 1. The number of nitro benzene ring substituents is 1. The van der Waals surface area contributed by atoms with E-state index in [0.29, 0.717) is 5.82 Å². The van der Waals surface area contributed by atoms with E-state index in [1.54, 1.807) is 35.4 Å². The fourth-order valence-electron chi connectivity index (χ4n) is 3.17. The van der Waals surface area contributed by atoms with Gasteiger partial charge in [0.25, 0.3) is 5.69 Å². The van der Waals surface area contributed by atoms with Gasteiger partial charge in [0.2, 0.25) is 10.0 Å². The van der Waals surface area contributed by atoms with E-state index >= 15 is 0 Å². The molecule has 4 rings (SSSR count). The predicted molar refractivity (Wildman–Crippen MR) is 111 cm³/mol. The van der Waals surface area contributed by atoms with E-state index in [1.165, 1.54) is 16.4 Å². The molecule has 12 heteroatoms. The lowest BCUT2D eigenvalue weighted by Gasteiger charge is -2.27. The molecule has 31 heavy (non-hydrogen) atoms. The Labute approximate surface area is 178 Å². The Bertz CT molecular complexity index is 1160. The van der Waals surface area contributed by atoms with Gasteiger partial charge in [-0.05, 0) is 23.8 Å². The molecular formula is C19H20N6O5S. The number of morpholine rings is 1. The van der Waals surface area contributed by atoms with Crippen molar-refractivity contribution >= 4 is 21.4 Å². The largest absolute Gasteiger partial charge is 0.380 e. The van der Waals surface area contributed by atoms with Gasteiger partial charge in [0.05, 0.1) is 23.8 Å². The number of non-ortho nitro benzene ring substituents is 1. The Morgan fingerprint density at radius 3 is 2.65 bits per heavy atom. The number of hydrogen-bond donors (Lipinski definition) is 1. The van der Waals surface area contributed by atoms with Crippen LogP contribution in [0.2, 0.25) is 0 Å². The second-order valence-corrected chi connectivity index (χ2v) is 8.69. The molecule has 0 amide bonds. The van der Waals surface area contributed by atoms with Crippen molar-refractivity contribution in [2.45, 2.75) is 11.4 Å². The Morgan fingerprint density at radius 1 is 1.19 bits per heavy atom. The fraction of sp³-hybridized carbons (Fsp3) is 0.263. The summed E-state index contributed by atoms with van der Waals surface area (Å²) >= 11 is 0. The predicted octanol–water partition coefficient (Wildman–Crippen LogP) is 1.81. The van der Waals surface area contributed by atoms with E-state index in [2.05, 4.69) is 15.4 Å². The summed E-state index contributed by atoms with van der Waals surface area (Å²) in [5.74, 6) is 0.652. The number of nitrogens with one attached hydrogen (secondary N) is 1. The molecule has 1 aromatic carbocycles. The molecule has 3 heterocycles. The zero-order valence-electron chi connectivity index (χ0n) is 16.4.